The molecule has 1 amide bonds. The Labute approximate surface area is 131 Å². The monoisotopic (exact) mass is 304 g/mol. The molecule has 2 aliphatic rings. The van der Waals surface area contributed by atoms with E-state index in [2.05, 4.69) is 29.7 Å². The minimum atomic E-state index is 0.0922. The largest absolute Gasteiger partial charge is 0.325 e. The molecule has 1 saturated heterocycles. The summed E-state index contributed by atoms with van der Waals surface area (Å²) in [5.41, 5.74) is 0.985. The first-order valence-electron chi connectivity index (χ1n) is 8.04. The number of amides is 1. The lowest BCUT2D eigenvalue weighted by molar-refractivity contribution is -0.120. The summed E-state index contributed by atoms with van der Waals surface area (Å²) in [7, 11) is 0. The molecule has 0 spiro atoms. The third-order valence-corrected chi connectivity index (χ3v) is 6.02. The Morgan fingerprint density at radius 1 is 1.24 bits per heavy atom. The molecule has 1 heterocycles. The highest BCUT2D eigenvalue weighted by Gasteiger charge is 2.29. The normalized spacial score (nSPS) is 26.1. The number of benzene rings is 1. The maximum absolute atomic E-state index is 12.5. The fourth-order valence-electron chi connectivity index (χ4n) is 3.30. The van der Waals surface area contributed by atoms with Gasteiger partial charge in [0.05, 0.1) is 11.6 Å². The quantitative estimate of drug-likeness (QED) is 0.892. The standard InChI is InChI=1S/C17H24N2OS/c1-12-14(10-11-18-12)17(20)19-15-8-4-5-9-16(15)21-13-6-2-3-7-13/h4-5,8-9,12-14,18H,2-3,6-7,10-11H2,1H3,(H,19,20). The van der Waals surface area contributed by atoms with Gasteiger partial charge < -0.3 is 10.6 Å². The average Bonchev–Trinajstić information content (AvgIpc) is 3.12. The number of anilines is 1. The first-order valence-corrected chi connectivity index (χ1v) is 8.92. The van der Waals surface area contributed by atoms with Gasteiger partial charge in [0.2, 0.25) is 5.91 Å². The van der Waals surface area contributed by atoms with Gasteiger partial charge in [0.15, 0.2) is 0 Å². The molecule has 0 aromatic heterocycles. The van der Waals surface area contributed by atoms with Crippen LogP contribution in [-0.4, -0.2) is 23.7 Å². The molecule has 2 fully saturated rings. The Hall–Kier alpha value is -1.00. The zero-order valence-corrected chi connectivity index (χ0v) is 13.4. The van der Waals surface area contributed by atoms with Gasteiger partial charge in [0.25, 0.3) is 0 Å². The fraction of sp³-hybridized carbons (Fsp3) is 0.588. The number of hydrogen-bond donors (Lipinski definition) is 2. The van der Waals surface area contributed by atoms with Crippen molar-refractivity contribution in [1.82, 2.24) is 5.32 Å². The molecule has 2 atom stereocenters. The summed E-state index contributed by atoms with van der Waals surface area (Å²) in [6, 6.07) is 8.51. The van der Waals surface area contributed by atoms with Crippen molar-refractivity contribution in [2.45, 2.75) is 55.2 Å². The van der Waals surface area contributed by atoms with Gasteiger partial charge in [-0.2, -0.15) is 0 Å². The molecule has 1 aliphatic carbocycles. The Morgan fingerprint density at radius 2 is 2.00 bits per heavy atom. The second-order valence-electron chi connectivity index (χ2n) is 6.15. The highest BCUT2D eigenvalue weighted by Crippen LogP contribution is 2.38. The van der Waals surface area contributed by atoms with Crippen LogP contribution in [0.4, 0.5) is 5.69 Å². The second kappa shape index (κ2) is 6.84. The minimum Gasteiger partial charge on any atom is -0.325 e. The van der Waals surface area contributed by atoms with Crippen LogP contribution in [0.1, 0.15) is 39.0 Å². The highest BCUT2D eigenvalue weighted by atomic mass is 32.2. The van der Waals surface area contributed by atoms with Crippen LogP contribution in [0.2, 0.25) is 0 Å². The van der Waals surface area contributed by atoms with Gasteiger partial charge in [-0.1, -0.05) is 25.0 Å². The number of carbonyl (C=O) groups is 1. The zero-order valence-electron chi connectivity index (χ0n) is 12.6. The van der Waals surface area contributed by atoms with Crippen molar-refractivity contribution in [1.29, 1.82) is 0 Å². The molecular weight excluding hydrogens is 280 g/mol. The number of rotatable bonds is 4. The number of para-hydroxylation sites is 1. The van der Waals surface area contributed by atoms with Crippen molar-refractivity contribution >= 4 is 23.4 Å². The van der Waals surface area contributed by atoms with E-state index in [1.54, 1.807) is 0 Å². The molecule has 2 unspecified atom stereocenters. The van der Waals surface area contributed by atoms with Gasteiger partial charge >= 0.3 is 0 Å². The van der Waals surface area contributed by atoms with Gasteiger partial charge in [0.1, 0.15) is 0 Å². The molecule has 21 heavy (non-hydrogen) atoms. The molecule has 3 rings (SSSR count). The van der Waals surface area contributed by atoms with E-state index in [0.717, 1.165) is 23.9 Å². The van der Waals surface area contributed by atoms with E-state index >= 15 is 0 Å². The summed E-state index contributed by atoms with van der Waals surface area (Å²) in [5, 5.41) is 7.22. The lowest BCUT2D eigenvalue weighted by Crippen LogP contribution is -2.32. The summed E-state index contributed by atoms with van der Waals surface area (Å²) in [6.45, 7) is 3.04. The number of hydrogen-bond acceptors (Lipinski definition) is 3. The van der Waals surface area contributed by atoms with Crippen LogP contribution in [0.15, 0.2) is 29.2 Å². The summed E-state index contributed by atoms with van der Waals surface area (Å²) < 4.78 is 0. The third-order valence-electron chi connectivity index (χ3n) is 4.60. The van der Waals surface area contributed by atoms with Crippen LogP contribution in [0, 0.1) is 5.92 Å². The molecule has 1 saturated carbocycles. The maximum atomic E-state index is 12.5. The number of nitrogens with one attached hydrogen (secondary N) is 2. The Kier molecular flexibility index (Phi) is 4.86. The first kappa shape index (κ1) is 14.9. The molecular formula is C17H24N2OS. The molecule has 1 aliphatic heterocycles. The van der Waals surface area contributed by atoms with E-state index in [1.807, 2.05) is 23.9 Å². The average molecular weight is 304 g/mol. The lowest BCUT2D eigenvalue weighted by atomic mass is 10.0. The Morgan fingerprint density at radius 3 is 2.71 bits per heavy atom. The van der Waals surface area contributed by atoms with Gasteiger partial charge in [-0.3, -0.25) is 4.79 Å². The third kappa shape index (κ3) is 3.61. The van der Waals surface area contributed by atoms with E-state index in [-0.39, 0.29) is 17.9 Å². The van der Waals surface area contributed by atoms with Gasteiger partial charge in [0, 0.05) is 16.2 Å². The predicted molar refractivity (Wildman–Crippen MR) is 88.8 cm³/mol. The van der Waals surface area contributed by atoms with Gasteiger partial charge in [-0.25, -0.2) is 0 Å². The first-order chi connectivity index (χ1) is 10.2. The van der Waals surface area contributed by atoms with Crippen molar-refractivity contribution in [3.63, 3.8) is 0 Å². The van der Waals surface area contributed by atoms with E-state index in [9.17, 15) is 4.79 Å². The SMILES string of the molecule is CC1NCCC1C(=O)Nc1ccccc1SC1CCCC1. The van der Waals surface area contributed by atoms with Crippen LogP contribution in [0.3, 0.4) is 0 Å². The molecule has 0 bridgehead atoms. The van der Waals surface area contributed by atoms with E-state index < -0.39 is 0 Å². The van der Waals surface area contributed by atoms with E-state index in [1.165, 1.54) is 30.6 Å². The van der Waals surface area contributed by atoms with Crippen molar-refractivity contribution in [2.24, 2.45) is 5.92 Å². The van der Waals surface area contributed by atoms with Crippen LogP contribution >= 0.6 is 11.8 Å². The van der Waals surface area contributed by atoms with Crippen molar-refractivity contribution in [3.05, 3.63) is 24.3 Å². The van der Waals surface area contributed by atoms with Crippen LogP contribution in [-0.2, 0) is 4.79 Å². The smallest absolute Gasteiger partial charge is 0.229 e. The fourth-order valence-corrected chi connectivity index (χ4v) is 4.63. The lowest BCUT2D eigenvalue weighted by Gasteiger charge is -2.18. The van der Waals surface area contributed by atoms with Gasteiger partial charge in [-0.05, 0) is 44.9 Å². The van der Waals surface area contributed by atoms with Crippen molar-refractivity contribution in [3.8, 4) is 0 Å². The minimum absolute atomic E-state index is 0.0922. The van der Waals surface area contributed by atoms with Crippen molar-refractivity contribution < 1.29 is 4.79 Å². The van der Waals surface area contributed by atoms with Crippen molar-refractivity contribution in [2.75, 3.05) is 11.9 Å². The highest BCUT2D eigenvalue weighted by molar-refractivity contribution is 8.00. The molecule has 2 N–H and O–H groups in total. The van der Waals surface area contributed by atoms with Crippen LogP contribution in [0.5, 0.6) is 0 Å². The molecule has 114 valence electrons. The molecule has 1 aromatic carbocycles. The number of carbonyl (C=O) groups excluding carboxylic acids is 1. The second-order valence-corrected chi connectivity index (χ2v) is 7.49. The van der Waals surface area contributed by atoms with E-state index in [4.69, 9.17) is 0 Å². The molecule has 1 aromatic rings. The van der Waals surface area contributed by atoms with Crippen LogP contribution in [0.25, 0.3) is 0 Å². The molecule has 0 radical (unpaired) electrons. The predicted octanol–water partition coefficient (Wildman–Crippen LogP) is 3.66. The molecule has 4 heteroatoms. The summed E-state index contributed by atoms with van der Waals surface area (Å²) in [5.74, 6) is 0.251. The summed E-state index contributed by atoms with van der Waals surface area (Å²) >= 11 is 1.93. The van der Waals surface area contributed by atoms with Gasteiger partial charge in [-0.15, -0.1) is 11.8 Å². The zero-order chi connectivity index (χ0) is 14.7. The molecule has 3 nitrogen and oxygen atoms in total. The Balaban J connectivity index is 1.68. The summed E-state index contributed by atoms with van der Waals surface area (Å²) in [4.78, 5) is 13.7. The Bertz CT molecular complexity index is 499. The summed E-state index contributed by atoms with van der Waals surface area (Å²) in [6.07, 6.45) is 6.23. The van der Waals surface area contributed by atoms with Crippen LogP contribution < -0.4 is 10.6 Å². The number of thioether (sulfide) groups is 1. The van der Waals surface area contributed by atoms with E-state index in [0.29, 0.717) is 0 Å². The topological polar surface area (TPSA) is 41.1 Å². The maximum Gasteiger partial charge on any atom is 0.229 e.